The SMILES string of the molecule is CCC(Oc1ccc(C)cc1)C(=O)Nc1ccc(CCC(=O)N(C)C)cc1. The van der Waals surface area contributed by atoms with Crippen molar-refractivity contribution in [3.8, 4) is 5.75 Å². The molecule has 0 radical (unpaired) electrons. The second-order valence-electron chi connectivity index (χ2n) is 6.80. The first-order valence-electron chi connectivity index (χ1n) is 9.22. The first-order chi connectivity index (χ1) is 12.9. The number of benzene rings is 2. The largest absolute Gasteiger partial charge is 0.481 e. The van der Waals surface area contributed by atoms with Gasteiger partial charge in [-0.1, -0.05) is 36.8 Å². The lowest BCUT2D eigenvalue weighted by Gasteiger charge is -2.17. The second-order valence-corrected chi connectivity index (χ2v) is 6.80. The number of nitrogens with zero attached hydrogens (tertiary/aromatic N) is 1. The van der Waals surface area contributed by atoms with Crippen LogP contribution in [0.25, 0.3) is 0 Å². The number of carbonyl (C=O) groups is 2. The standard InChI is InChI=1S/C22H28N2O3/c1-5-20(27-19-13-6-16(2)7-14-19)22(26)23-18-11-8-17(9-12-18)10-15-21(25)24(3)4/h6-9,11-14,20H,5,10,15H2,1-4H3,(H,23,26). The van der Waals surface area contributed by atoms with Crippen molar-refractivity contribution < 1.29 is 14.3 Å². The highest BCUT2D eigenvalue weighted by atomic mass is 16.5. The fraction of sp³-hybridized carbons (Fsp3) is 0.364. The third-order valence-corrected chi connectivity index (χ3v) is 4.31. The van der Waals surface area contributed by atoms with Crippen molar-refractivity contribution in [3.63, 3.8) is 0 Å². The van der Waals surface area contributed by atoms with Crippen molar-refractivity contribution in [1.29, 1.82) is 0 Å². The minimum absolute atomic E-state index is 0.103. The molecule has 0 bridgehead atoms. The number of ether oxygens (including phenoxy) is 1. The molecule has 1 unspecified atom stereocenters. The molecule has 5 heteroatoms. The Morgan fingerprint density at radius 3 is 2.22 bits per heavy atom. The monoisotopic (exact) mass is 368 g/mol. The van der Waals surface area contributed by atoms with Crippen LogP contribution in [0.2, 0.25) is 0 Å². The average molecular weight is 368 g/mol. The Bertz CT molecular complexity index is 752. The van der Waals surface area contributed by atoms with Gasteiger partial charge in [0.15, 0.2) is 6.10 Å². The van der Waals surface area contributed by atoms with Crippen molar-refractivity contribution >= 4 is 17.5 Å². The first-order valence-corrected chi connectivity index (χ1v) is 9.22. The molecule has 2 amide bonds. The molecule has 2 rings (SSSR count). The summed E-state index contributed by atoms with van der Waals surface area (Å²) in [6.07, 6.45) is 1.18. The van der Waals surface area contributed by atoms with Gasteiger partial charge >= 0.3 is 0 Å². The number of hydrogen-bond donors (Lipinski definition) is 1. The fourth-order valence-electron chi connectivity index (χ4n) is 2.56. The zero-order chi connectivity index (χ0) is 19.8. The number of amides is 2. The lowest BCUT2D eigenvalue weighted by molar-refractivity contribution is -0.128. The predicted octanol–water partition coefficient (Wildman–Crippen LogP) is 3.81. The van der Waals surface area contributed by atoms with E-state index in [0.29, 0.717) is 30.7 Å². The van der Waals surface area contributed by atoms with Gasteiger partial charge in [-0.25, -0.2) is 0 Å². The zero-order valence-electron chi connectivity index (χ0n) is 16.5. The predicted molar refractivity (Wildman–Crippen MR) is 108 cm³/mol. The average Bonchev–Trinajstić information content (AvgIpc) is 2.66. The van der Waals surface area contributed by atoms with E-state index in [1.54, 1.807) is 19.0 Å². The van der Waals surface area contributed by atoms with Crippen molar-refractivity contribution in [3.05, 3.63) is 59.7 Å². The topological polar surface area (TPSA) is 58.6 Å². The molecule has 0 aromatic heterocycles. The summed E-state index contributed by atoms with van der Waals surface area (Å²) in [5.41, 5.74) is 2.92. The van der Waals surface area contributed by atoms with Gasteiger partial charge in [-0.2, -0.15) is 0 Å². The highest BCUT2D eigenvalue weighted by Gasteiger charge is 2.18. The number of hydrogen-bond acceptors (Lipinski definition) is 3. The van der Waals surface area contributed by atoms with E-state index in [1.165, 1.54) is 0 Å². The molecule has 2 aromatic carbocycles. The van der Waals surface area contributed by atoms with Crippen molar-refractivity contribution in [2.24, 2.45) is 0 Å². The van der Waals surface area contributed by atoms with Crippen LogP contribution >= 0.6 is 0 Å². The lowest BCUT2D eigenvalue weighted by atomic mass is 10.1. The highest BCUT2D eigenvalue weighted by molar-refractivity contribution is 5.94. The highest BCUT2D eigenvalue weighted by Crippen LogP contribution is 2.17. The lowest BCUT2D eigenvalue weighted by Crippen LogP contribution is -2.32. The second kappa shape index (κ2) is 9.76. The summed E-state index contributed by atoms with van der Waals surface area (Å²) in [4.78, 5) is 25.8. The van der Waals surface area contributed by atoms with Gasteiger partial charge in [0, 0.05) is 26.2 Å². The van der Waals surface area contributed by atoms with Gasteiger partial charge in [-0.3, -0.25) is 9.59 Å². The number of nitrogens with one attached hydrogen (secondary N) is 1. The van der Waals surface area contributed by atoms with E-state index in [9.17, 15) is 9.59 Å². The maximum absolute atomic E-state index is 12.5. The van der Waals surface area contributed by atoms with Crippen LogP contribution in [-0.2, 0) is 16.0 Å². The summed E-state index contributed by atoms with van der Waals surface area (Å²) in [6, 6.07) is 15.2. The fourth-order valence-corrected chi connectivity index (χ4v) is 2.56. The quantitative estimate of drug-likeness (QED) is 0.771. The van der Waals surface area contributed by atoms with Gasteiger partial charge in [0.2, 0.25) is 5.91 Å². The van der Waals surface area contributed by atoms with Gasteiger partial charge in [-0.15, -0.1) is 0 Å². The van der Waals surface area contributed by atoms with Crippen LogP contribution in [-0.4, -0.2) is 36.9 Å². The Kier molecular flexibility index (Phi) is 7.41. The molecule has 0 aliphatic heterocycles. The van der Waals surface area contributed by atoms with E-state index < -0.39 is 6.10 Å². The molecule has 27 heavy (non-hydrogen) atoms. The van der Waals surface area contributed by atoms with E-state index in [0.717, 1.165) is 11.1 Å². The van der Waals surface area contributed by atoms with E-state index >= 15 is 0 Å². The Balaban J connectivity index is 1.91. The number of aryl methyl sites for hydroxylation is 2. The summed E-state index contributed by atoms with van der Waals surface area (Å²) in [7, 11) is 3.51. The summed E-state index contributed by atoms with van der Waals surface area (Å²) >= 11 is 0. The molecule has 5 nitrogen and oxygen atoms in total. The Hall–Kier alpha value is -2.82. The molecule has 0 aliphatic rings. The molecule has 0 aliphatic carbocycles. The molecule has 2 aromatic rings. The zero-order valence-corrected chi connectivity index (χ0v) is 16.5. The molecule has 144 valence electrons. The molecule has 1 N–H and O–H groups in total. The van der Waals surface area contributed by atoms with Crippen LogP contribution in [0, 0.1) is 6.92 Å². The van der Waals surface area contributed by atoms with Crippen LogP contribution in [0.3, 0.4) is 0 Å². The maximum Gasteiger partial charge on any atom is 0.265 e. The van der Waals surface area contributed by atoms with Gasteiger partial charge < -0.3 is 15.0 Å². The summed E-state index contributed by atoms with van der Waals surface area (Å²) in [6.45, 7) is 3.93. The molecular formula is C22H28N2O3. The van der Waals surface area contributed by atoms with Gasteiger partial charge in [0.25, 0.3) is 5.91 Å². The maximum atomic E-state index is 12.5. The third kappa shape index (κ3) is 6.44. The van der Waals surface area contributed by atoms with E-state index in [1.807, 2.05) is 62.4 Å². The first kappa shape index (κ1) is 20.5. The molecule has 0 spiro atoms. The van der Waals surface area contributed by atoms with E-state index in [-0.39, 0.29) is 11.8 Å². The molecule has 1 atom stereocenters. The van der Waals surface area contributed by atoms with Gasteiger partial charge in [0.1, 0.15) is 5.75 Å². The van der Waals surface area contributed by atoms with Gasteiger partial charge in [0.05, 0.1) is 0 Å². The van der Waals surface area contributed by atoms with Crippen LogP contribution in [0.5, 0.6) is 5.75 Å². The molecule has 0 saturated heterocycles. The Labute approximate surface area is 161 Å². The Morgan fingerprint density at radius 1 is 1.04 bits per heavy atom. The van der Waals surface area contributed by atoms with Gasteiger partial charge in [-0.05, 0) is 49.6 Å². The van der Waals surface area contributed by atoms with Crippen LogP contribution in [0.15, 0.2) is 48.5 Å². The van der Waals surface area contributed by atoms with Crippen molar-refractivity contribution in [2.45, 2.75) is 39.2 Å². The van der Waals surface area contributed by atoms with Crippen LogP contribution in [0.1, 0.15) is 30.9 Å². The number of rotatable bonds is 8. The van der Waals surface area contributed by atoms with Crippen molar-refractivity contribution in [2.75, 3.05) is 19.4 Å². The van der Waals surface area contributed by atoms with Crippen molar-refractivity contribution in [1.82, 2.24) is 4.90 Å². The minimum atomic E-state index is -0.551. The normalized spacial score (nSPS) is 11.6. The minimum Gasteiger partial charge on any atom is -0.481 e. The van der Waals surface area contributed by atoms with Crippen LogP contribution < -0.4 is 10.1 Å². The Morgan fingerprint density at radius 2 is 1.67 bits per heavy atom. The van der Waals surface area contributed by atoms with E-state index in [2.05, 4.69) is 5.32 Å². The van der Waals surface area contributed by atoms with E-state index in [4.69, 9.17) is 4.74 Å². The molecule has 0 saturated carbocycles. The van der Waals surface area contributed by atoms with Crippen LogP contribution in [0.4, 0.5) is 5.69 Å². The summed E-state index contributed by atoms with van der Waals surface area (Å²) in [5, 5.41) is 2.90. The number of anilines is 1. The summed E-state index contributed by atoms with van der Waals surface area (Å²) < 4.78 is 5.81. The molecular weight excluding hydrogens is 340 g/mol. The third-order valence-electron chi connectivity index (χ3n) is 4.31. The number of carbonyl (C=O) groups excluding carboxylic acids is 2. The summed E-state index contributed by atoms with van der Waals surface area (Å²) in [5.74, 6) is 0.614. The molecule has 0 fully saturated rings. The molecule has 0 heterocycles. The smallest absolute Gasteiger partial charge is 0.265 e.